The Hall–Kier alpha value is -0.362. The van der Waals surface area contributed by atoms with Crippen molar-refractivity contribution in [3.63, 3.8) is 0 Å². The molecule has 0 fully saturated rings. The third-order valence-electron chi connectivity index (χ3n) is 1.59. The van der Waals surface area contributed by atoms with Gasteiger partial charge in [-0.1, -0.05) is 12.1 Å². The molecule has 0 unspecified atom stereocenters. The number of hydrogen-bond acceptors (Lipinski definition) is 2. The average molecular weight is 307 g/mol. The Labute approximate surface area is 110 Å². The van der Waals surface area contributed by atoms with Crippen LogP contribution >= 0.6 is 0 Å². The van der Waals surface area contributed by atoms with Crippen LogP contribution in [0.4, 0.5) is 0 Å². The van der Waals surface area contributed by atoms with Gasteiger partial charge in [-0.15, -0.1) is 0 Å². The summed E-state index contributed by atoms with van der Waals surface area (Å²) in [6.45, 7) is 0. The molecule has 2 nitrogen and oxygen atoms in total. The summed E-state index contributed by atoms with van der Waals surface area (Å²) in [5.74, 6) is 0. The molecular weight excluding hydrogens is 298 g/mol. The zero-order valence-electron chi connectivity index (χ0n) is 6.92. The SMILES string of the molecule is [Sm].c1ccc(-c2ccccn2)nc1. The van der Waals surface area contributed by atoms with E-state index in [2.05, 4.69) is 9.97 Å². The van der Waals surface area contributed by atoms with Crippen LogP contribution in [0.3, 0.4) is 0 Å². The number of pyridine rings is 2. The van der Waals surface area contributed by atoms with Gasteiger partial charge in [0.2, 0.25) is 0 Å². The van der Waals surface area contributed by atoms with E-state index < -0.39 is 0 Å². The van der Waals surface area contributed by atoms with Crippen LogP contribution in [0.5, 0.6) is 0 Å². The van der Waals surface area contributed by atoms with Crippen molar-refractivity contribution in [2.24, 2.45) is 0 Å². The molecule has 0 spiro atoms. The third-order valence-corrected chi connectivity index (χ3v) is 1.59. The van der Waals surface area contributed by atoms with Crippen molar-refractivity contribution < 1.29 is 40.4 Å². The minimum atomic E-state index is 0. The molecule has 64 valence electrons. The van der Waals surface area contributed by atoms with Gasteiger partial charge in [0.1, 0.15) is 0 Å². The van der Waals surface area contributed by atoms with Crippen LogP contribution in [0, 0.1) is 40.4 Å². The van der Waals surface area contributed by atoms with E-state index in [1.807, 2.05) is 36.4 Å². The molecule has 0 bridgehead atoms. The first kappa shape index (κ1) is 10.7. The molecule has 0 saturated heterocycles. The Morgan fingerprint density at radius 3 is 1.46 bits per heavy atom. The molecule has 2 heterocycles. The average Bonchev–Trinajstić information content (AvgIpc) is 2.21. The fourth-order valence-electron chi connectivity index (χ4n) is 1.03. The van der Waals surface area contributed by atoms with Gasteiger partial charge in [0, 0.05) is 52.8 Å². The van der Waals surface area contributed by atoms with Gasteiger partial charge >= 0.3 is 0 Å². The molecule has 0 aliphatic carbocycles. The van der Waals surface area contributed by atoms with E-state index in [0.717, 1.165) is 11.4 Å². The first-order valence-electron chi connectivity index (χ1n) is 3.79. The quantitative estimate of drug-likeness (QED) is 0.807. The minimum Gasteiger partial charge on any atom is -0.255 e. The summed E-state index contributed by atoms with van der Waals surface area (Å²) in [5, 5.41) is 0. The van der Waals surface area contributed by atoms with Crippen LogP contribution in [0.15, 0.2) is 48.8 Å². The molecule has 0 radical (unpaired) electrons. The zero-order chi connectivity index (χ0) is 8.23. The summed E-state index contributed by atoms with van der Waals surface area (Å²) in [6, 6.07) is 11.6. The van der Waals surface area contributed by atoms with Crippen molar-refractivity contribution in [3.8, 4) is 11.4 Å². The zero-order valence-corrected chi connectivity index (χ0v) is 9.54. The maximum absolute atomic E-state index is 4.19. The van der Waals surface area contributed by atoms with Gasteiger partial charge in [-0.25, -0.2) is 0 Å². The summed E-state index contributed by atoms with van der Waals surface area (Å²) >= 11 is 0. The normalized spacial score (nSPS) is 8.92. The number of nitrogens with zero attached hydrogens (tertiary/aromatic N) is 2. The Kier molecular flexibility index (Phi) is 4.44. The standard InChI is InChI=1S/C10H8N2.Sm/c1-3-7-11-9(5-1)10-6-2-4-8-12-10;/h1-8H;. The van der Waals surface area contributed by atoms with Crippen LogP contribution < -0.4 is 0 Å². The predicted molar refractivity (Wildman–Crippen MR) is 47.5 cm³/mol. The van der Waals surface area contributed by atoms with Crippen molar-refractivity contribution in [1.29, 1.82) is 0 Å². The molecule has 0 aliphatic rings. The smallest absolute Gasteiger partial charge is 0.0886 e. The second kappa shape index (κ2) is 5.39. The van der Waals surface area contributed by atoms with Gasteiger partial charge in [-0.05, 0) is 24.3 Å². The van der Waals surface area contributed by atoms with Gasteiger partial charge in [0.05, 0.1) is 11.4 Å². The maximum Gasteiger partial charge on any atom is 0.0886 e. The molecule has 0 amide bonds. The van der Waals surface area contributed by atoms with E-state index in [4.69, 9.17) is 0 Å². The van der Waals surface area contributed by atoms with E-state index in [0.29, 0.717) is 0 Å². The van der Waals surface area contributed by atoms with Crippen LogP contribution in [0.1, 0.15) is 0 Å². The molecule has 13 heavy (non-hydrogen) atoms. The molecule has 2 rings (SSSR count). The Bertz CT molecular complexity index is 310. The van der Waals surface area contributed by atoms with Crippen molar-refractivity contribution in [2.75, 3.05) is 0 Å². The summed E-state index contributed by atoms with van der Waals surface area (Å²) in [4.78, 5) is 8.37. The largest absolute Gasteiger partial charge is 0.255 e. The molecule has 0 saturated carbocycles. The molecule has 3 heteroatoms. The number of rotatable bonds is 1. The molecule has 0 aliphatic heterocycles. The topological polar surface area (TPSA) is 25.8 Å². The number of hydrogen-bond donors (Lipinski definition) is 0. The summed E-state index contributed by atoms with van der Waals surface area (Å²) in [7, 11) is 0. The van der Waals surface area contributed by atoms with E-state index >= 15 is 0 Å². The Balaban J connectivity index is 0.000000845. The second-order valence-corrected chi connectivity index (χ2v) is 2.43. The van der Waals surface area contributed by atoms with Crippen LogP contribution in [-0.2, 0) is 0 Å². The first-order valence-corrected chi connectivity index (χ1v) is 3.79. The van der Waals surface area contributed by atoms with E-state index in [1.54, 1.807) is 12.4 Å². The third kappa shape index (κ3) is 2.80. The maximum atomic E-state index is 4.19. The first-order chi connectivity index (χ1) is 5.97. The van der Waals surface area contributed by atoms with Crippen LogP contribution in [0.2, 0.25) is 0 Å². The van der Waals surface area contributed by atoms with Crippen LogP contribution in [0.25, 0.3) is 11.4 Å². The van der Waals surface area contributed by atoms with E-state index in [9.17, 15) is 0 Å². The summed E-state index contributed by atoms with van der Waals surface area (Å²) < 4.78 is 0. The fourth-order valence-corrected chi connectivity index (χ4v) is 1.03. The van der Waals surface area contributed by atoms with Crippen LogP contribution in [-0.4, -0.2) is 9.97 Å². The van der Waals surface area contributed by atoms with Crippen molar-refractivity contribution in [3.05, 3.63) is 48.8 Å². The van der Waals surface area contributed by atoms with Crippen molar-refractivity contribution in [2.45, 2.75) is 0 Å². The molecule has 2 aromatic heterocycles. The molecule has 0 atom stereocenters. The fraction of sp³-hybridized carbons (Fsp3) is 0. The van der Waals surface area contributed by atoms with Gasteiger partial charge < -0.3 is 0 Å². The summed E-state index contributed by atoms with van der Waals surface area (Å²) in [6.07, 6.45) is 3.54. The van der Waals surface area contributed by atoms with Crippen molar-refractivity contribution in [1.82, 2.24) is 9.97 Å². The molecule has 2 aromatic rings. The van der Waals surface area contributed by atoms with Crippen molar-refractivity contribution >= 4 is 0 Å². The van der Waals surface area contributed by atoms with Gasteiger partial charge in [-0.2, -0.15) is 0 Å². The second-order valence-electron chi connectivity index (χ2n) is 2.43. The van der Waals surface area contributed by atoms with Gasteiger partial charge in [0.25, 0.3) is 0 Å². The van der Waals surface area contributed by atoms with Gasteiger partial charge in [-0.3, -0.25) is 9.97 Å². The minimum absolute atomic E-state index is 0. The molecule has 0 aromatic carbocycles. The summed E-state index contributed by atoms with van der Waals surface area (Å²) in [5.41, 5.74) is 1.83. The molecular formula is C10H8N2Sm. The van der Waals surface area contributed by atoms with Gasteiger partial charge in [0.15, 0.2) is 0 Å². The van der Waals surface area contributed by atoms with E-state index in [1.165, 1.54) is 0 Å². The predicted octanol–water partition coefficient (Wildman–Crippen LogP) is 2.14. The monoisotopic (exact) mass is 308 g/mol. The van der Waals surface area contributed by atoms with E-state index in [-0.39, 0.29) is 40.4 Å². The number of aromatic nitrogens is 2. The Morgan fingerprint density at radius 2 is 1.15 bits per heavy atom. The Morgan fingerprint density at radius 1 is 0.692 bits per heavy atom. The molecule has 0 N–H and O–H groups in total.